The van der Waals surface area contributed by atoms with Crippen molar-refractivity contribution in [2.75, 3.05) is 13.1 Å². The summed E-state index contributed by atoms with van der Waals surface area (Å²) in [5.41, 5.74) is -0.305. The van der Waals surface area contributed by atoms with Crippen molar-refractivity contribution in [1.82, 2.24) is 18.9 Å². The summed E-state index contributed by atoms with van der Waals surface area (Å²) in [6.07, 6.45) is -4.19. The highest BCUT2D eigenvalue weighted by Crippen LogP contribution is 2.33. The van der Waals surface area contributed by atoms with Crippen LogP contribution in [-0.2, 0) is 16.2 Å². The van der Waals surface area contributed by atoms with Gasteiger partial charge in [0.2, 0.25) is 10.0 Å². The van der Waals surface area contributed by atoms with Gasteiger partial charge in [-0.2, -0.15) is 22.6 Å². The van der Waals surface area contributed by atoms with Crippen molar-refractivity contribution in [1.29, 1.82) is 0 Å². The van der Waals surface area contributed by atoms with Gasteiger partial charge in [-0.3, -0.25) is 0 Å². The predicted molar refractivity (Wildman–Crippen MR) is 95.2 cm³/mol. The zero-order chi connectivity index (χ0) is 21.0. The van der Waals surface area contributed by atoms with Gasteiger partial charge in [0, 0.05) is 30.8 Å². The normalized spacial score (nSPS) is 18.6. The first-order valence-corrected chi connectivity index (χ1v) is 10.2. The Labute approximate surface area is 163 Å². The van der Waals surface area contributed by atoms with Crippen molar-refractivity contribution in [3.05, 3.63) is 59.3 Å². The van der Waals surface area contributed by atoms with Gasteiger partial charge in [-0.05, 0) is 43.7 Å². The van der Waals surface area contributed by atoms with Crippen LogP contribution in [0.1, 0.15) is 29.4 Å². The van der Waals surface area contributed by atoms with Crippen LogP contribution in [0.3, 0.4) is 0 Å². The zero-order valence-electron chi connectivity index (χ0n) is 15.2. The number of benzene rings is 1. The van der Waals surface area contributed by atoms with Gasteiger partial charge in [0.05, 0.1) is 10.6 Å². The monoisotopic (exact) mass is 428 g/mol. The maximum Gasteiger partial charge on any atom is 0.433 e. The van der Waals surface area contributed by atoms with Crippen molar-refractivity contribution in [3.63, 3.8) is 0 Å². The van der Waals surface area contributed by atoms with Crippen molar-refractivity contribution < 1.29 is 26.0 Å². The second-order valence-electron chi connectivity index (χ2n) is 6.92. The van der Waals surface area contributed by atoms with E-state index in [9.17, 15) is 26.0 Å². The molecule has 0 spiro atoms. The molecule has 29 heavy (non-hydrogen) atoms. The van der Waals surface area contributed by atoms with Crippen molar-refractivity contribution >= 4 is 15.7 Å². The molecule has 4 rings (SSSR count). The predicted octanol–water partition coefficient (Wildman–Crippen LogP) is 3.37. The molecule has 3 heterocycles. The summed E-state index contributed by atoms with van der Waals surface area (Å²) in [4.78, 5) is 4.06. The Morgan fingerprint density at radius 3 is 2.48 bits per heavy atom. The van der Waals surface area contributed by atoms with E-state index in [1.807, 2.05) is 0 Å². The molecule has 0 radical (unpaired) electrons. The number of aromatic nitrogens is 3. The number of aryl methyl sites for hydroxylation is 1. The number of fused-ring (bicyclic) bond motifs is 1. The number of hydrogen-bond acceptors (Lipinski definition) is 4. The van der Waals surface area contributed by atoms with E-state index < -0.39 is 27.7 Å². The number of nitrogens with zero attached hydrogens (tertiary/aromatic N) is 4. The Kier molecular flexibility index (Phi) is 4.61. The molecule has 6 nitrogen and oxygen atoms in total. The fourth-order valence-corrected chi connectivity index (χ4v) is 4.96. The molecule has 154 valence electrons. The third kappa shape index (κ3) is 3.60. The molecule has 3 aromatic rings. The lowest BCUT2D eigenvalue weighted by atomic mass is 10.1. The van der Waals surface area contributed by atoms with E-state index in [2.05, 4.69) is 10.1 Å². The second kappa shape index (κ2) is 6.77. The number of rotatable bonds is 3. The van der Waals surface area contributed by atoms with Gasteiger partial charge in [0.1, 0.15) is 11.5 Å². The molecule has 0 saturated carbocycles. The molecule has 0 N–H and O–H groups in total. The fourth-order valence-electron chi connectivity index (χ4n) is 3.46. The molecular weight excluding hydrogens is 412 g/mol. The molecule has 0 unspecified atom stereocenters. The minimum Gasteiger partial charge on any atom is -0.234 e. The highest BCUT2D eigenvalue weighted by molar-refractivity contribution is 7.89. The standard InChI is InChI=1S/C18H16F4N4O2S/c1-11-8-16(18(20,21)22)26-17(23-11)9-15(24-26)12-6-7-25(10-12)29(27,28)14-4-2-13(19)3-5-14/h2-5,8-9,12H,6-7,10H2,1H3/t12-/m0/s1. The van der Waals surface area contributed by atoms with Crippen LogP contribution < -0.4 is 0 Å². The number of hydrogen-bond donors (Lipinski definition) is 0. The maximum absolute atomic E-state index is 13.3. The summed E-state index contributed by atoms with van der Waals surface area (Å²) in [6.45, 7) is 1.73. The lowest BCUT2D eigenvalue weighted by molar-refractivity contribution is -0.142. The van der Waals surface area contributed by atoms with Crippen molar-refractivity contribution in [3.8, 4) is 0 Å². The summed E-state index contributed by atoms with van der Waals surface area (Å²) >= 11 is 0. The van der Waals surface area contributed by atoms with Crippen LogP contribution in [0, 0.1) is 12.7 Å². The van der Waals surface area contributed by atoms with E-state index in [4.69, 9.17) is 0 Å². The van der Waals surface area contributed by atoms with E-state index in [1.165, 1.54) is 29.4 Å². The average Bonchev–Trinajstić information content (AvgIpc) is 3.27. The van der Waals surface area contributed by atoms with E-state index in [1.54, 1.807) is 0 Å². The molecule has 1 fully saturated rings. The summed E-state index contributed by atoms with van der Waals surface area (Å²) < 4.78 is 80.5. The lowest BCUT2D eigenvalue weighted by Gasteiger charge is -2.16. The Bertz CT molecular complexity index is 1170. The Hall–Kier alpha value is -2.53. The molecule has 2 aromatic heterocycles. The first kappa shape index (κ1) is 19.8. The van der Waals surface area contributed by atoms with Crippen LogP contribution in [0.5, 0.6) is 0 Å². The molecule has 0 aliphatic carbocycles. The van der Waals surface area contributed by atoms with Crippen LogP contribution in [0.4, 0.5) is 17.6 Å². The second-order valence-corrected chi connectivity index (χ2v) is 8.86. The number of halogens is 4. The number of alkyl halides is 3. The Balaban J connectivity index is 1.64. The van der Waals surface area contributed by atoms with Crippen LogP contribution in [0.2, 0.25) is 0 Å². The molecule has 1 aliphatic rings. The van der Waals surface area contributed by atoms with Gasteiger partial charge >= 0.3 is 6.18 Å². The average molecular weight is 428 g/mol. The van der Waals surface area contributed by atoms with Gasteiger partial charge in [0.25, 0.3) is 0 Å². The van der Waals surface area contributed by atoms with Gasteiger partial charge in [-0.1, -0.05) is 0 Å². The molecule has 1 atom stereocenters. The largest absolute Gasteiger partial charge is 0.433 e. The zero-order valence-corrected chi connectivity index (χ0v) is 16.0. The highest BCUT2D eigenvalue weighted by atomic mass is 32.2. The van der Waals surface area contributed by atoms with Crippen LogP contribution in [-0.4, -0.2) is 40.4 Å². The molecule has 0 bridgehead atoms. The first-order valence-electron chi connectivity index (χ1n) is 8.76. The minimum absolute atomic E-state index is 0.0359. The van der Waals surface area contributed by atoms with Gasteiger partial charge < -0.3 is 0 Å². The third-order valence-electron chi connectivity index (χ3n) is 4.89. The van der Waals surface area contributed by atoms with Crippen LogP contribution in [0.25, 0.3) is 5.65 Å². The summed E-state index contributed by atoms with van der Waals surface area (Å²) in [5, 5.41) is 4.07. The quantitative estimate of drug-likeness (QED) is 0.600. The molecule has 0 amide bonds. The fraction of sp³-hybridized carbons (Fsp3) is 0.333. The molecule has 11 heteroatoms. The topological polar surface area (TPSA) is 67.6 Å². The van der Waals surface area contributed by atoms with E-state index in [0.717, 1.165) is 22.7 Å². The van der Waals surface area contributed by atoms with E-state index in [0.29, 0.717) is 12.1 Å². The number of sulfonamides is 1. The van der Waals surface area contributed by atoms with Gasteiger partial charge in [0.15, 0.2) is 5.65 Å². The van der Waals surface area contributed by atoms with Crippen LogP contribution in [0.15, 0.2) is 41.3 Å². The molecule has 1 aromatic carbocycles. The SMILES string of the molecule is Cc1cc(C(F)(F)F)n2nc([C@H]3CCN(S(=O)(=O)c4ccc(F)cc4)C3)cc2n1. The first-order chi connectivity index (χ1) is 13.6. The van der Waals surface area contributed by atoms with Gasteiger partial charge in [-0.15, -0.1) is 0 Å². The molecule has 1 aliphatic heterocycles. The minimum atomic E-state index is -4.59. The Morgan fingerprint density at radius 2 is 1.83 bits per heavy atom. The molecule has 1 saturated heterocycles. The maximum atomic E-state index is 13.3. The highest BCUT2D eigenvalue weighted by Gasteiger charge is 2.37. The van der Waals surface area contributed by atoms with Crippen molar-refractivity contribution in [2.24, 2.45) is 0 Å². The van der Waals surface area contributed by atoms with Crippen molar-refractivity contribution in [2.45, 2.75) is 30.3 Å². The summed E-state index contributed by atoms with van der Waals surface area (Å²) in [7, 11) is -3.83. The molecular formula is C18H16F4N4O2S. The van der Waals surface area contributed by atoms with E-state index in [-0.39, 0.29) is 35.2 Å². The Morgan fingerprint density at radius 1 is 1.14 bits per heavy atom. The van der Waals surface area contributed by atoms with Gasteiger partial charge in [-0.25, -0.2) is 22.3 Å². The summed E-state index contributed by atoms with van der Waals surface area (Å²) in [6, 6.07) is 6.88. The van der Waals surface area contributed by atoms with E-state index >= 15 is 0 Å². The third-order valence-corrected chi connectivity index (χ3v) is 6.76. The summed E-state index contributed by atoms with van der Waals surface area (Å²) in [5.74, 6) is -0.912. The smallest absolute Gasteiger partial charge is 0.234 e. The van der Waals surface area contributed by atoms with Crippen LogP contribution >= 0.6 is 0 Å². The lowest BCUT2D eigenvalue weighted by Crippen LogP contribution is -2.28.